The van der Waals surface area contributed by atoms with Gasteiger partial charge in [0.05, 0.1) is 29.5 Å². The van der Waals surface area contributed by atoms with Crippen molar-refractivity contribution in [1.82, 2.24) is 14.5 Å². The fraction of sp³-hybridized carbons (Fsp3) is 0.406. The number of anilines is 2. The van der Waals surface area contributed by atoms with Crippen molar-refractivity contribution in [3.05, 3.63) is 83.4 Å². The number of aliphatic hydroxyl groups excluding tert-OH is 1. The third kappa shape index (κ3) is 9.85. The summed E-state index contributed by atoms with van der Waals surface area (Å²) in [6.45, 7) is 4.63. The van der Waals surface area contributed by atoms with E-state index in [0.29, 0.717) is 43.7 Å². The lowest BCUT2D eigenvalue weighted by Crippen LogP contribution is -2.41. The normalized spacial score (nSPS) is 15.3. The van der Waals surface area contributed by atoms with Crippen molar-refractivity contribution in [2.24, 2.45) is 5.92 Å². The molecule has 1 heterocycles. The average Bonchev–Trinajstić information content (AvgIpc) is 3.02. The number of phenolic OH excluding ortho intramolecular Hbond substituents is 1. The van der Waals surface area contributed by atoms with Crippen LogP contribution in [0, 0.1) is 17.6 Å². The first-order valence-corrected chi connectivity index (χ1v) is 18.7. The number of hydrogen-bond donors (Lipinski definition) is 5. The Morgan fingerprint density at radius 1 is 1.00 bits per heavy atom. The molecule has 3 aromatic carbocycles. The van der Waals surface area contributed by atoms with E-state index in [-0.39, 0.29) is 46.9 Å². The summed E-state index contributed by atoms with van der Waals surface area (Å²) >= 11 is 0. The molecule has 0 spiro atoms. The molecule has 0 radical (unpaired) electrons. The first kappa shape index (κ1) is 37.0. The van der Waals surface area contributed by atoms with Crippen molar-refractivity contribution in [2.75, 3.05) is 42.5 Å². The van der Waals surface area contributed by atoms with Crippen LogP contribution in [0.1, 0.15) is 43.9 Å². The Morgan fingerprint density at radius 3 is 2.29 bits per heavy atom. The molecule has 0 unspecified atom stereocenters. The van der Waals surface area contributed by atoms with Crippen LogP contribution in [0.25, 0.3) is 0 Å². The van der Waals surface area contributed by atoms with E-state index in [2.05, 4.69) is 15.4 Å². The van der Waals surface area contributed by atoms with E-state index in [1.165, 1.54) is 51.7 Å². The fourth-order valence-electron chi connectivity index (χ4n) is 5.33. The van der Waals surface area contributed by atoms with Gasteiger partial charge >= 0.3 is 6.03 Å². The van der Waals surface area contributed by atoms with Gasteiger partial charge in [0.15, 0.2) is 0 Å². The third-order valence-electron chi connectivity index (χ3n) is 8.02. The summed E-state index contributed by atoms with van der Waals surface area (Å²) in [6, 6.07) is 12.1. The predicted octanol–water partition coefficient (Wildman–Crippen LogP) is 4.21. The minimum Gasteiger partial charge on any atom is -0.506 e. The molecule has 48 heavy (non-hydrogen) atoms. The quantitative estimate of drug-likeness (QED) is 0.165. The molecule has 12 nitrogen and oxygen atoms in total. The Hall–Kier alpha value is -3.83. The minimum atomic E-state index is -3.80. The van der Waals surface area contributed by atoms with Crippen LogP contribution in [0.3, 0.4) is 0 Å². The number of nitrogens with one attached hydrogen (secondary N) is 3. The molecular weight excluding hydrogens is 669 g/mol. The maximum Gasteiger partial charge on any atom is 0.322 e. The van der Waals surface area contributed by atoms with E-state index >= 15 is 0 Å². The predicted molar refractivity (Wildman–Crippen MR) is 178 cm³/mol. The second-order valence-electron chi connectivity index (χ2n) is 12.1. The number of urea groups is 1. The monoisotopic (exact) mass is 709 g/mol. The van der Waals surface area contributed by atoms with Crippen LogP contribution in [0.2, 0.25) is 0 Å². The summed E-state index contributed by atoms with van der Waals surface area (Å²) in [6.07, 6.45) is 1.17. The number of amides is 2. The van der Waals surface area contributed by atoms with Crippen LogP contribution in [-0.2, 0) is 26.6 Å². The van der Waals surface area contributed by atoms with Crippen molar-refractivity contribution < 1.29 is 40.6 Å². The number of carbonyl (C=O) groups is 1. The molecule has 1 aliphatic rings. The Morgan fingerprint density at radius 2 is 1.67 bits per heavy atom. The highest BCUT2D eigenvalue weighted by atomic mass is 32.2. The van der Waals surface area contributed by atoms with Gasteiger partial charge in [-0.2, -0.15) is 4.31 Å². The summed E-state index contributed by atoms with van der Waals surface area (Å²) in [5.74, 6) is -1.35. The lowest BCUT2D eigenvalue weighted by Gasteiger charge is -2.31. The van der Waals surface area contributed by atoms with Gasteiger partial charge in [0.2, 0.25) is 20.0 Å². The Balaban J connectivity index is 1.27. The molecular formula is C32H41F2N5O7S2. The van der Waals surface area contributed by atoms with Gasteiger partial charge < -0.3 is 25.7 Å². The van der Waals surface area contributed by atoms with Crippen LogP contribution in [0.5, 0.6) is 5.75 Å². The van der Waals surface area contributed by atoms with Gasteiger partial charge in [-0.25, -0.2) is 30.4 Å². The van der Waals surface area contributed by atoms with E-state index in [1.54, 1.807) is 13.8 Å². The SMILES string of the molecule is CC(C)N(Cc1cc(F)ccc1F)C(=O)Nc1ccc(S(=O)(=O)N2CCC(CNC[C@H](O)c3ccc(O)c(NS(C)(=O)=O)c3)CC2)cc1. The lowest BCUT2D eigenvalue weighted by molar-refractivity contribution is 0.169. The zero-order valence-corrected chi connectivity index (χ0v) is 28.5. The molecule has 1 aliphatic heterocycles. The summed E-state index contributed by atoms with van der Waals surface area (Å²) in [7, 11) is -7.42. The molecule has 16 heteroatoms. The molecule has 0 bridgehead atoms. The number of hydrogen-bond acceptors (Lipinski definition) is 8. The van der Waals surface area contributed by atoms with Gasteiger partial charge in [0.1, 0.15) is 17.4 Å². The topological polar surface area (TPSA) is 168 Å². The highest BCUT2D eigenvalue weighted by molar-refractivity contribution is 7.92. The van der Waals surface area contributed by atoms with Crippen LogP contribution in [0.4, 0.5) is 25.0 Å². The maximum atomic E-state index is 14.2. The van der Waals surface area contributed by atoms with Gasteiger partial charge in [-0.05, 0) is 99.3 Å². The molecule has 0 aromatic heterocycles. The molecule has 5 N–H and O–H groups in total. The number of aliphatic hydroxyl groups is 1. The number of piperidine rings is 1. The van der Waals surface area contributed by atoms with E-state index in [1.807, 2.05) is 0 Å². The Bertz CT molecular complexity index is 1800. The second kappa shape index (κ2) is 15.6. The molecule has 0 saturated carbocycles. The van der Waals surface area contributed by atoms with Crippen molar-refractivity contribution >= 4 is 37.5 Å². The second-order valence-corrected chi connectivity index (χ2v) is 15.8. The van der Waals surface area contributed by atoms with Crippen molar-refractivity contribution in [2.45, 2.75) is 50.3 Å². The third-order valence-corrected chi connectivity index (χ3v) is 10.5. The maximum absolute atomic E-state index is 14.2. The van der Waals surface area contributed by atoms with Gasteiger partial charge in [-0.3, -0.25) is 4.72 Å². The lowest BCUT2D eigenvalue weighted by atomic mass is 9.98. The van der Waals surface area contributed by atoms with E-state index in [9.17, 15) is 40.6 Å². The number of rotatable bonds is 13. The van der Waals surface area contributed by atoms with E-state index in [4.69, 9.17) is 0 Å². The first-order valence-electron chi connectivity index (χ1n) is 15.3. The summed E-state index contributed by atoms with van der Waals surface area (Å²) in [5, 5.41) is 26.4. The van der Waals surface area contributed by atoms with Gasteiger partial charge in [0, 0.05) is 36.9 Å². The highest BCUT2D eigenvalue weighted by Gasteiger charge is 2.29. The van der Waals surface area contributed by atoms with E-state index in [0.717, 1.165) is 24.5 Å². The Kier molecular flexibility index (Phi) is 12.0. The summed E-state index contributed by atoms with van der Waals surface area (Å²) in [5.41, 5.74) is 0.752. The molecule has 4 rings (SSSR count). The number of aromatic hydroxyl groups is 1. The standard InChI is InChI=1S/C32H41F2N5O7S2/c1-21(2)39(20-24-16-25(33)5-10-28(24)34)32(42)36-26-6-8-27(9-7-26)48(45,46)38-14-12-22(13-15-38)18-35-19-31(41)23-4-11-30(40)29(17-23)37-47(3,43)44/h4-11,16-17,21-22,31,35,37,40-41H,12-15,18-20H2,1-3H3,(H,36,42)/t31-/m0/s1. The Labute approximate surface area is 279 Å². The zero-order valence-electron chi connectivity index (χ0n) is 26.9. The highest BCUT2D eigenvalue weighted by Crippen LogP contribution is 2.28. The van der Waals surface area contributed by atoms with Crippen LogP contribution in [-0.4, -0.2) is 80.8 Å². The van der Waals surface area contributed by atoms with Gasteiger partial charge in [0.25, 0.3) is 0 Å². The number of halogens is 2. The number of benzene rings is 3. The smallest absolute Gasteiger partial charge is 0.322 e. The first-order chi connectivity index (χ1) is 22.5. The molecule has 1 fully saturated rings. The van der Waals surface area contributed by atoms with Crippen molar-refractivity contribution in [3.8, 4) is 5.75 Å². The molecule has 1 saturated heterocycles. The van der Waals surface area contributed by atoms with Crippen molar-refractivity contribution in [1.29, 1.82) is 0 Å². The molecule has 262 valence electrons. The van der Waals surface area contributed by atoms with Gasteiger partial charge in [-0.1, -0.05) is 6.07 Å². The summed E-state index contributed by atoms with van der Waals surface area (Å²) < 4.78 is 81.2. The minimum absolute atomic E-state index is 0.0322. The number of carbonyl (C=O) groups excluding carboxylic acids is 1. The molecule has 1 atom stereocenters. The van der Waals surface area contributed by atoms with Crippen LogP contribution < -0.4 is 15.4 Å². The largest absolute Gasteiger partial charge is 0.506 e. The summed E-state index contributed by atoms with van der Waals surface area (Å²) in [4.78, 5) is 14.4. The fourth-order valence-corrected chi connectivity index (χ4v) is 7.36. The molecule has 3 aromatic rings. The number of sulfonamides is 2. The molecule has 0 aliphatic carbocycles. The van der Waals surface area contributed by atoms with E-state index < -0.39 is 43.8 Å². The zero-order chi connectivity index (χ0) is 35.2. The number of nitrogens with zero attached hydrogens (tertiary/aromatic N) is 2. The van der Waals surface area contributed by atoms with Crippen LogP contribution in [0.15, 0.2) is 65.6 Å². The van der Waals surface area contributed by atoms with Gasteiger partial charge in [-0.15, -0.1) is 0 Å². The number of phenols is 1. The average molecular weight is 710 g/mol. The molecule has 2 amide bonds. The van der Waals surface area contributed by atoms with Crippen molar-refractivity contribution in [3.63, 3.8) is 0 Å². The van der Waals surface area contributed by atoms with Crippen LogP contribution >= 0.6 is 0 Å².